The molecule has 0 aliphatic carbocycles. The number of aliphatic hydroxyl groups excluding tert-OH is 1. The summed E-state index contributed by atoms with van der Waals surface area (Å²) in [6.07, 6.45) is 3.17. The van der Waals surface area contributed by atoms with Crippen LogP contribution in [0, 0.1) is 0 Å². The number of aliphatic hydroxyl groups is 1. The fraction of sp³-hybridized carbons (Fsp3) is 0.786. The second-order valence-electron chi connectivity index (χ2n) is 5.46. The molecule has 7 heteroatoms. The van der Waals surface area contributed by atoms with Gasteiger partial charge in [-0.15, -0.1) is 0 Å². The van der Waals surface area contributed by atoms with Gasteiger partial charge >= 0.3 is 6.01 Å². The lowest BCUT2D eigenvalue weighted by Gasteiger charge is -2.34. The standard InChI is InChI=1S/C14H25N5O2/c1-4-15-12-16-13(18-14(17-12)21-10(2)3)19-8-6-5-7-11(19)9-20/h10-11,20H,4-9H2,1-3H3,(H,15,16,17,18). The van der Waals surface area contributed by atoms with E-state index in [-0.39, 0.29) is 18.8 Å². The van der Waals surface area contributed by atoms with Crippen molar-refractivity contribution in [1.29, 1.82) is 0 Å². The Morgan fingerprint density at radius 3 is 2.81 bits per heavy atom. The van der Waals surface area contributed by atoms with Gasteiger partial charge in [0, 0.05) is 13.1 Å². The highest BCUT2D eigenvalue weighted by Crippen LogP contribution is 2.24. The van der Waals surface area contributed by atoms with E-state index >= 15 is 0 Å². The molecule has 0 spiro atoms. The van der Waals surface area contributed by atoms with E-state index < -0.39 is 0 Å². The van der Waals surface area contributed by atoms with Crippen molar-refractivity contribution in [2.45, 2.75) is 52.2 Å². The lowest BCUT2D eigenvalue weighted by molar-refractivity contribution is 0.219. The number of aromatic nitrogens is 3. The molecule has 1 atom stereocenters. The minimum Gasteiger partial charge on any atom is -0.461 e. The van der Waals surface area contributed by atoms with Gasteiger partial charge in [0.2, 0.25) is 11.9 Å². The summed E-state index contributed by atoms with van der Waals surface area (Å²) in [5.74, 6) is 1.09. The van der Waals surface area contributed by atoms with E-state index in [4.69, 9.17) is 4.74 Å². The number of rotatable bonds is 6. The molecule has 1 aliphatic rings. The topological polar surface area (TPSA) is 83.4 Å². The maximum Gasteiger partial charge on any atom is 0.323 e. The Morgan fingerprint density at radius 1 is 1.33 bits per heavy atom. The van der Waals surface area contributed by atoms with Gasteiger partial charge < -0.3 is 20.1 Å². The molecule has 118 valence electrons. The predicted molar refractivity (Wildman–Crippen MR) is 81.8 cm³/mol. The zero-order valence-corrected chi connectivity index (χ0v) is 13.0. The van der Waals surface area contributed by atoms with Crippen molar-refractivity contribution in [2.24, 2.45) is 0 Å². The van der Waals surface area contributed by atoms with E-state index in [0.717, 1.165) is 32.4 Å². The van der Waals surface area contributed by atoms with Crippen LogP contribution in [0.5, 0.6) is 6.01 Å². The second-order valence-corrected chi connectivity index (χ2v) is 5.46. The third-order valence-electron chi connectivity index (χ3n) is 3.37. The first kappa shape index (κ1) is 15.8. The van der Waals surface area contributed by atoms with E-state index in [9.17, 15) is 5.11 Å². The molecule has 1 fully saturated rings. The third kappa shape index (κ3) is 4.17. The van der Waals surface area contributed by atoms with Gasteiger partial charge in [0.25, 0.3) is 0 Å². The van der Waals surface area contributed by atoms with Crippen LogP contribution in [0.15, 0.2) is 0 Å². The van der Waals surface area contributed by atoms with Gasteiger partial charge in [-0.25, -0.2) is 0 Å². The molecule has 21 heavy (non-hydrogen) atoms. The Kier molecular flexibility index (Phi) is 5.55. The van der Waals surface area contributed by atoms with Gasteiger partial charge in [0.05, 0.1) is 18.8 Å². The summed E-state index contributed by atoms with van der Waals surface area (Å²) in [6.45, 7) is 7.56. The predicted octanol–water partition coefficient (Wildman–Crippen LogP) is 1.44. The van der Waals surface area contributed by atoms with Crippen molar-refractivity contribution in [1.82, 2.24) is 15.0 Å². The number of hydrogen-bond acceptors (Lipinski definition) is 7. The summed E-state index contributed by atoms with van der Waals surface area (Å²) in [6, 6.07) is 0.399. The summed E-state index contributed by atoms with van der Waals surface area (Å²) in [5.41, 5.74) is 0. The highest BCUT2D eigenvalue weighted by atomic mass is 16.5. The first-order chi connectivity index (χ1) is 10.1. The SMILES string of the molecule is CCNc1nc(OC(C)C)nc(N2CCCCC2CO)n1. The van der Waals surface area contributed by atoms with E-state index in [2.05, 4.69) is 25.2 Å². The van der Waals surface area contributed by atoms with Crippen molar-refractivity contribution in [3.8, 4) is 6.01 Å². The molecule has 1 aromatic heterocycles. The molecule has 1 unspecified atom stereocenters. The largest absolute Gasteiger partial charge is 0.461 e. The fourth-order valence-electron chi connectivity index (χ4n) is 2.43. The molecule has 0 amide bonds. The molecule has 2 heterocycles. The Morgan fingerprint density at radius 2 is 2.14 bits per heavy atom. The van der Waals surface area contributed by atoms with Gasteiger partial charge in [-0.3, -0.25) is 0 Å². The first-order valence-corrected chi connectivity index (χ1v) is 7.68. The van der Waals surface area contributed by atoms with E-state index in [1.54, 1.807) is 0 Å². The number of hydrogen-bond donors (Lipinski definition) is 2. The molecular formula is C14H25N5O2. The normalized spacial score (nSPS) is 18.9. The summed E-state index contributed by atoms with van der Waals surface area (Å²) < 4.78 is 5.61. The number of nitrogens with one attached hydrogen (secondary N) is 1. The van der Waals surface area contributed by atoms with Gasteiger partial charge in [-0.2, -0.15) is 15.0 Å². The van der Waals surface area contributed by atoms with Crippen LogP contribution in [0.4, 0.5) is 11.9 Å². The van der Waals surface area contributed by atoms with Gasteiger partial charge in [0.1, 0.15) is 0 Å². The van der Waals surface area contributed by atoms with Crippen LogP contribution in [-0.4, -0.2) is 51.9 Å². The molecule has 1 saturated heterocycles. The molecule has 0 radical (unpaired) electrons. The molecule has 0 saturated carbocycles. The quantitative estimate of drug-likeness (QED) is 0.821. The third-order valence-corrected chi connectivity index (χ3v) is 3.37. The zero-order chi connectivity index (χ0) is 15.2. The monoisotopic (exact) mass is 295 g/mol. The molecule has 2 N–H and O–H groups in total. The number of anilines is 2. The summed E-state index contributed by atoms with van der Waals surface area (Å²) in [5, 5.41) is 12.7. The smallest absolute Gasteiger partial charge is 0.323 e. The maximum atomic E-state index is 9.55. The molecule has 7 nitrogen and oxygen atoms in total. The molecule has 1 aliphatic heterocycles. The molecule has 1 aromatic rings. The summed E-state index contributed by atoms with van der Waals surface area (Å²) in [4.78, 5) is 15.2. The highest BCUT2D eigenvalue weighted by molar-refractivity contribution is 5.40. The van der Waals surface area contributed by atoms with Crippen LogP contribution in [0.2, 0.25) is 0 Å². The molecular weight excluding hydrogens is 270 g/mol. The molecule has 2 rings (SSSR count). The summed E-state index contributed by atoms with van der Waals surface area (Å²) in [7, 11) is 0. The van der Waals surface area contributed by atoms with E-state index in [0.29, 0.717) is 17.9 Å². The van der Waals surface area contributed by atoms with Gasteiger partial charge in [-0.05, 0) is 40.0 Å². The second kappa shape index (κ2) is 7.40. The van der Waals surface area contributed by atoms with Crippen molar-refractivity contribution in [3.63, 3.8) is 0 Å². The minimum atomic E-state index is 0.00437. The van der Waals surface area contributed by atoms with Crippen LogP contribution in [0.3, 0.4) is 0 Å². The number of nitrogens with zero attached hydrogens (tertiary/aromatic N) is 4. The lowest BCUT2D eigenvalue weighted by atomic mass is 10.0. The Balaban J connectivity index is 2.29. The maximum absolute atomic E-state index is 9.55. The average molecular weight is 295 g/mol. The minimum absolute atomic E-state index is 0.00437. The first-order valence-electron chi connectivity index (χ1n) is 7.68. The van der Waals surface area contributed by atoms with Gasteiger partial charge in [-0.1, -0.05) is 0 Å². The lowest BCUT2D eigenvalue weighted by Crippen LogP contribution is -2.43. The van der Waals surface area contributed by atoms with Crippen LogP contribution in [-0.2, 0) is 0 Å². The van der Waals surface area contributed by atoms with Crippen molar-refractivity contribution < 1.29 is 9.84 Å². The Labute approximate surface area is 125 Å². The van der Waals surface area contributed by atoms with Crippen LogP contribution in [0.25, 0.3) is 0 Å². The van der Waals surface area contributed by atoms with Crippen LogP contribution in [0.1, 0.15) is 40.0 Å². The fourth-order valence-corrected chi connectivity index (χ4v) is 2.43. The van der Waals surface area contributed by atoms with E-state index in [1.165, 1.54) is 0 Å². The van der Waals surface area contributed by atoms with Crippen molar-refractivity contribution in [3.05, 3.63) is 0 Å². The Bertz CT molecular complexity index is 455. The van der Waals surface area contributed by atoms with Gasteiger partial charge in [0.15, 0.2) is 0 Å². The summed E-state index contributed by atoms with van der Waals surface area (Å²) >= 11 is 0. The zero-order valence-electron chi connectivity index (χ0n) is 13.0. The van der Waals surface area contributed by atoms with Crippen LogP contribution >= 0.6 is 0 Å². The van der Waals surface area contributed by atoms with Crippen molar-refractivity contribution in [2.75, 3.05) is 29.9 Å². The molecule has 0 aromatic carbocycles. The average Bonchev–Trinajstić information content (AvgIpc) is 2.46. The Hall–Kier alpha value is -1.63. The van der Waals surface area contributed by atoms with Crippen molar-refractivity contribution >= 4 is 11.9 Å². The number of piperidine rings is 1. The molecule has 0 bridgehead atoms. The number of ether oxygens (including phenoxy) is 1. The highest BCUT2D eigenvalue weighted by Gasteiger charge is 2.25. The van der Waals surface area contributed by atoms with Crippen LogP contribution < -0.4 is 15.0 Å². The van der Waals surface area contributed by atoms with E-state index in [1.807, 2.05) is 20.8 Å².